The average molecular weight is 224 g/mol. The molecule has 0 saturated carbocycles. The van der Waals surface area contributed by atoms with E-state index in [4.69, 9.17) is 8.92 Å². The molecule has 0 aliphatic heterocycles. The predicted molar refractivity (Wildman–Crippen MR) is 65.9 cm³/mol. The highest BCUT2D eigenvalue weighted by Gasteiger charge is 2.08. The number of rotatable bonds is 5. The van der Waals surface area contributed by atoms with Gasteiger partial charge in [-0.05, 0) is 36.6 Å². The lowest BCUT2D eigenvalue weighted by Crippen LogP contribution is -1.96. The molecule has 0 fully saturated rings. The fourth-order valence-corrected chi connectivity index (χ4v) is 1.70. The van der Waals surface area contributed by atoms with Gasteiger partial charge in [0.15, 0.2) is 0 Å². The predicted octanol–water partition coefficient (Wildman–Crippen LogP) is 3.35. The van der Waals surface area contributed by atoms with Gasteiger partial charge in [0.05, 0.1) is 0 Å². The fourth-order valence-electron chi connectivity index (χ4n) is 1.44. The van der Waals surface area contributed by atoms with Crippen LogP contribution in [0.2, 0.25) is 0 Å². The number of hydrogen-bond acceptors (Lipinski definition) is 3. The van der Waals surface area contributed by atoms with E-state index in [1.54, 1.807) is 6.08 Å². The van der Waals surface area contributed by atoms with E-state index in [0.717, 1.165) is 29.0 Å². The van der Waals surface area contributed by atoms with E-state index >= 15 is 0 Å². The van der Waals surface area contributed by atoms with Gasteiger partial charge in [0.1, 0.15) is 18.1 Å². The smallest absolute Gasteiger partial charge is 0.143 e. The van der Waals surface area contributed by atoms with Crippen molar-refractivity contribution in [2.24, 2.45) is 0 Å². The molecule has 2 nitrogen and oxygen atoms in total. The quantitative estimate of drug-likeness (QED) is 0.470. The lowest BCUT2D eigenvalue weighted by atomic mass is 10.1. The maximum atomic E-state index is 5.48. The number of ether oxygens (including phenoxy) is 1. The zero-order valence-corrected chi connectivity index (χ0v) is 10.0. The number of hydrogen-bond donors (Lipinski definition) is 1. The summed E-state index contributed by atoms with van der Waals surface area (Å²) in [5.74, 6) is 1.67. The van der Waals surface area contributed by atoms with Gasteiger partial charge in [0.2, 0.25) is 0 Å². The van der Waals surface area contributed by atoms with Crippen molar-refractivity contribution in [1.29, 1.82) is 0 Å². The van der Waals surface area contributed by atoms with E-state index in [2.05, 4.69) is 26.4 Å². The Bertz CT molecular complexity index is 348. The lowest BCUT2D eigenvalue weighted by molar-refractivity contribution is 0.362. The minimum Gasteiger partial charge on any atom is -0.490 e. The van der Waals surface area contributed by atoms with E-state index in [1.165, 1.54) is 0 Å². The van der Waals surface area contributed by atoms with Crippen LogP contribution in [-0.2, 0) is 6.42 Å². The van der Waals surface area contributed by atoms with Gasteiger partial charge in [-0.1, -0.05) is 19.6 Å². The van der Waals surface area contributed by atoms with Crippen molar-refractivity contribution < 1.29 is 8.92 Å². The van der Waals surface area contributed by atoms with Gasteiger partial charge in [-0.25, -0.2) is 0 Å². The first-order chi connectivity index (χ1) is 7.22. The summed E-state index contributed by atoms with van der Waals surface area (Å²) in [6.45, 7) is 8.18. The monoisotopic (exact) mass is 224 g/mol. The standard InChI is InChI=1S/C12H16O2S/c1-4-6-13-11-7-9(3)12(14-15)10(5-2)8-11/h4,7-8,15H,1,5-6H2,2-3H3. The molecule has 0 heterocycles. The Morgan fingerprint density at radius 1 is 1.47 bits per heavy atom. The molecular weight excluding hydrogens is 208 g/mol. The van der Waals surface area contributed by atoms with Crippen LogP contribution in [0.15, 0.2) is 24.8 Å². The molecule has 0 N–H and O–H groups in total. The molecule has 0 aliphatic carbocycles. The van der Waals surface area contributed by atoms with E-state index in [9.17, 15) is 0 Å². The largest absolute Gasteiger partial charge is 0.490 e. The average Bonchev–Trinajstić information content (AvgIpc) is 2.25. The topological polar surface area (TPSA) is 18.5 Å². The number of aryl methyl sites for hydroxylation is 2. The highest BCUT2D eigenvalue weighted by Crippen LogP contribution is 2.30. The summed E-state index contributed by atoms with van der Waals surface area (Å²) in [5.41, 5.74) is 2.13. The summed E-state index contributed by atoms with van der Waals surface area (Å²) in [4.78, 5) is 0. The minimum atomic E-state index is 0.518. The molecule has 0 radical (unpaired) electrons. The Morgan fingerprint density at radius 3 is 2.73 bits per heavy atom. The molecule has 82 valence electrons. The zero-order chi connectivity index (χ0) is 11.3. The van der Waals surface area contributed by atoms with Crippen molar-refractivity contribution in [3.63, 3.8) is 0 Å². The number of thiol groups is 1. The Kier molecular flexibility index (Phi) is 4.56. The van der Waals surface area contributed by atoms with Crippen LogP contribution in [-0.4, -0.2) is 6.61 Å². The molecule has 0 saturated heterocycles. The highest BCUT2D eigenvalue weighted by atomic mass is 32.1. The van der Waals surface area contributed by atoms with Crippen molar-refractivity contribution in [3.8, 4) is 11.5 Å². The van der Waals surface area contributed by atoms with E-state index in [1.807, 2.05) is 19.1 Å². The Labute approximate surface area is 96.5 Å². The van der Waals surface area contributed by atoms with E-state index < -0.39 is 0 Å². The number of benzene rings is 1. The van der Waals surface area contributed by atoms with Gasteiger partial charge in [-0.2, -0.15) is 0 Å². The molecular formula is C12H16O2S. The molecule has 0 aliphatic rings. The normalized spacial score (nSPS) is 9.80. The van der Waals surface area contributed by atoms with Crippen LogP contribution in [0.3, 0.4) is 0 Å². The SMILES string of the molecule is C=CCOc1cc(C)c(OS)c(CC)c1. The molecule has 0 amide bonds. The van der Waals surface area contributed by atoms with E-state index in [-0.39, 0.29) is 0 Å². The second-order valence-electron chi connectivity index (χ2n) is 3.27. The first-order valence-electron chi connectivity index (χ1n) is 4.91. The van der Waals surface area contributed by atoms with Crippen molar-refractivity contribution in [2.45, 2.75) is 20.3 Å². The minimum absolute atomic E-state index is 0.518. The van der Waals surface area contributed by atoms with Crippen molar-refractivity contribution >= 4 is 12.9 Å². The molecule has 3 heteroatoms. The summed E-state index contributed by atoms with van der Waals surface area (Å²) in [6.07, 6.45) is 2.62. The van der Waals surface area contributed by atoms with E-state index in [0.29, 0.717) is 6.61 Å². The molecule has 15 heavy (non-hydrogen) atoms. The Balaban J connectivity index is 3.02. The van der Waals surface area contributed by atoms with Crippen LogP contribution in [0.4, 0.5) is 0 Å². The van der Waals surface area contributed by atoms with Gasteiger partial charge in [0, 0.05) is 12.9 Å². The third-order valence-corrected chi connectivity index (χ3v) is 2.35. The van der Waals surface area contributed by atoms with Crippen LogP contribution < -0.4 is 8.92 Å². The maximum absolute atomic E-state index is 5.48. The van der Waals surface area contributed by atoms with Crippen molar-refractivity contribution in [3.05, 3.63) is 35.9 Å². The first-order valence-corrected chi connectivity index (χ1v) is 5.28. The Morgan fingerprint density at radius 2 is 2.20 bits per heavy atom. The van der Waals surface area contributed by atoms with Crippen molar-refractivity contribution in [1.82, 2.24) is 0 Å². The molecule has 1 aromatic carbocycles. The third kappa shape index (κ3) is 2.93. The molecule has 0 bridgehead atoms. The summed E-state index contributed by atoms with van der Waals surface area (Å²) in [6, 6.07) is 3.91. The van der Waals surface area contributed by atoms with Crippen LogP contribution >= 0.6 is 12.9 Å². The maximum Gasteiger partial charge on any atom is 0.143 e. The first kappa shape index (κ1) is 12.0. The summed E-state index contributed by atoms with van der Waals surface area (Å²) in [5, 5.41) is 0. The zero-order valence-electron chi connectivity index (χ0n) is 9.12. The van der Waals surface area contributed by atoms with Gasteiger partial charge in [-0.15, -0.1) is 0 Å². The molecule has 0 atom stereocenters. The Hall–Kier alpha value is -1.09. The van der Waals surface area contributed by atoms with Gasteiger partial charge < -0.3 is 8.92 Å². The second kappa shape index (κ2) is 5.71. The summed E-state index contributed by atoms with van der Waals surface area (Å²) in [7, 11) is 0. The third-order valence-electron chi connectivity index (χ3n) is 2.17. The molecule has 0 unspecified atom stereocenters. The molecule has 0 spiro atoms. The second-order valence-corrected chi connectivity index (χ2v) is 3.46. The van der Waals surface area contributed by atoms with Crippen LogP contribution in [0, 0.1) is 6.92 Å². The molecule has 0 aromatic heterocycles. The summed E-state index contributed by atoms with van der Waals surface area (Å²) < 4.78 is 10.5. The van der Waals surface area contributed by atoms with Gasteiger partial charge in [0.25, 0.3) is 0 Å². The van der Waals surface area contributed by atoms with Crippen LogP contribution in [0.25, 0.3) is 0 Å². The van der Waals surface area contributed by atoms with Crippen LogP contribution in [0.1, 0.15) is 18.1 Å². The summed E-state index contributed by atoms with van der Waals surface area (Å²) >= 11 is 3.85. The molecule has 1 aromatic rings. The lowest BCUT2D eigenvalue weighted by Gasteiger charge is -2.12. The van der Waals surface area contributed by atoms with Gasteiger partial charge >= 0.3 is 0 Å². The highest BCUT2D eigenvalue weighted by molar-refractivity contribution is 7.75. The fraction of sp³-hybridized carbons (Fsp3) is 0.333. The van der Waals surface area contributed by atoms with Crippen molar-refractivity contribution in [2.75, 3.05) is 6.61 Å². The van der Waals surface area contributed by atoms with Crippen LogP contribution in [0.5, 0.6) is 11.5 Å². The molecule has 1 rings (SSSR count). The van der Waals surface area contributed by atoms with Gasteiger partial charge in [-0.3, -0.25) is 0 Å².